The van der Waals surface area contributed by atoms with Crippen molar-refractivity contribution in [2.24, 2.45) is 0 Å². The van der Waals surface area contributed by atoms with Crippen LogP contribution in [-0.2, 0) is 5.41 Å². The van der Waals surface area contributed by atoms with Crippen molar-refractivity contribution in [2.75, 3.05) is 4.90 Å². The average molecular weight is 800 g/mol. The third kappa shape index (κ3) is 5.84. The quantitative estimate of drug-likeness (QED) is 0.158. The van der Waals surface area contributed by atoms with Crippen molar-refractivity contribution in [3.63, 3.8) is 0 Å². The molecular formula is C59H45NS. The maximum Gasteiger partial charge on any atom is 0.0713 e. The lowest BCUT2D eigenvalue weighted by molar-refractivity contribution is 0.665. The molecule has 5 aliphatic rings. The molecule has 0 spiro atoms. The lowest BCUT2D eigenvalue weighted by Crippen LogP contribution is -2.37. The van der Waals surface area contributed by atoms with Crippen LogP contribution in [0.5, 0.6) is 0 Å². The maximum atomic E-state index is 2.63. The fraction of sp³-hybridized carbons (Fsp3) is 0.119. The molecule has 61 heavy (non-hydrogen) atoms. The molecule has 1 heterocycles. The summed E-state index contributed by atoms with van der Waals surface area (Å²) >= 11 is 1.99. The number of hydrogen-bond acceptors (Lipinski definition) is 2. The first-order valence-corrected chi connectivity index (χ1v) is 22.7. The highest BCUT2D eigenvalue weighted by Gasteiger charge is 2.46. The number of rotatable bonds is 7. The summed E-state index contributed by atoms with van der Waals surface area (Å²) in [4.78, 5) is 4.04. The molecule has 292 valence electrons. The van der Waals surface area contributed by atoms with E-state index in [2.05, 4.69) is 229 Å². The van der Waals surface area contributed by atoms with Crippen LogP contribution in [0.25, 0.3) is 22.8 Å². The summed E-state index contributed by atoms with van der Waals surface area (Å²) in [7, 11) is 0. The minimum atomic E-state index is -0.443. The van der Waals surface area contributed by atoms with Gasteiger partial charge in [0, 0.05) is 33.4 Å². The summed E-state index contributed by atoms with van der Waals surface area (Å²) in [5.74, 6) is 0.558. The number of thioether (sulfide) groups is 1. The predicted molar refractivity (Wildman–Crippen MR) is 257 cm³/mol. The van der Waals surface area contributed by atoms with Crippen molar-refractivity contribution < 1.29 is 0 Å². The van der Waals surface area contributed by atoms with Gasteiger partial charge in [-0.1, -0.05) is 194 Å². The first kappa shape index (κ1) is 36.3. The van der Waals surface area contributed by atoms with Crippen LogP contribution >= 0.6 is 11.8 Å². The zero-order valence-corrected chi connectivity index (χ0v) is 34.8. The molecule has 1 aliphatic heterocycles. The van der Waals surface area contributed by atoms with Gasteiger partial charge in [-0.15, -0.1) is 11.8 Å². The molecule has 0 fully saturated rings. The molecule has 0 amide bonds. The van der Waals surface area contributed by atoms with Crippen molar-refractivity contribution >= 4 is 34.8 Å². The van der Waals surface area contributed by atoms with E-state index in [4.69, 9.17) is 0 Å². The molecule has 0 saturated carbocycles. The van der Waals surface area contributed by atoms with Crippen LogP contribution in [0, 0.1) is 0 Å². The minimum absolute atomic E-state index is 0.0408. The van der Waals surface area contributed by atoms with Crippen molar-refractivity contribution in [3.05, 3.63) is 269 Å². The van der Waals surface area contributed by atoms with E-state index in [1.165, 1.54) is 83.1 Å². The van der Waals surface area contributed by atoms with E-state index in [9.17, 15) is 0 Å². The van der Waals surface area contributed by atoms with Gasteiger partial charge < -0.3 is 4.90 Å². The number of anilines is 2. The van der Waals surface area contributed by atoms with Crippen molar-refractivity contribution in [2.45, 2.75) is 46.3 Å². The Bertz CT molecular complexity index is 2930. The molecule has 0 aromatic heterocycles. The highest BCUT2D eigenvalue weighted by Crippen LogP contribution is 2.57. The molecule has 2 heteroatoms. The van der Waals surface area contributed by atoms with Crippen LogP contribution in [0.4, 0.5) is 11.4 Å². The third-order valence-electron chi connectivity index (χ3n) is 13.7. The minimum Gasteiger partial charge on any atom is -0.334 e. The van der Waals surface area contributed by atoms with Crippen LogP contribution in [0.15, 0.2) is 229 Å². The molecular weight excluding hydrogens is 755 g/mol. The number of nitrogens with zero attached hydrogens (tertiary/aromatic N) is 1. The smallest absolute Gasteiger partial charge is 0.0713 e. The lowest BCUT2D eigenvalue weighted by Gasteiger charge is -2.41. The van der Waals surface area contributed by atoms with Crippen LogP contribution in [0.3, 0.4) is 0 Å². The third-order valence-corrected chi connectivity index (χ3v) is 15.1. The first-order valence-electron chi connectivity index (χ1n) is 21.8. The van der Waals surface area contributed by atoms with Gasteiger partial charge in [-0.3, -0.25) is 0 Å². The number of fused-ring (bicyclic) bond motifs is 7. The molecule has 0 radical (unpaired) electrons. The van der Waals surface area contributed by atoms with E-state index < -0.39 is 5.41 Å². The zero-order chi connectivity index (χ0) is 40.3. The summed E-state index contributed by atoms with van der Waals surface area (Å²) in [6.45, 7) is 0. The van der Waals surface area contributed by atoms with Crippen LogP contribution < -0.4 is 4.90 Å². The average Bonchev–Trinajstić information content (AvgIpc) is 3.86. The molecule has 4 unspecified atom stereocenters. The Morgan fingerprint density at radius 1 is 0.541 bits per heavy atom. The van der Waals surface area contributed by atoms with Gasteiger partial charge in [0.2, 0.25) is 0 Å². The largest absolute Gasteiger partial charge is 0.334 e. The summed E-state index contributed by atoms with van der Waals surface area (Å²) in [6.07, 6.45) is 21.5. The van der Waals surface area contributed by atoms with Gasteiger partial charge in [-0.2, -0.15) is 0 Å². The van der Waals surface area contributed by atoms with E-state index >= 15 is 0 Å². The Kier molecular flexibility index (Phi) is 8.82. The van der Waals surface area contributed by atoms with E-state index in [1.54, 1.807) is 0 Å². The van der Waals surface area contributed by atoms with Crippen molar-refractivity contribution in [1.82, 2.24) is 0 Å². The standard InChI is InChI=1S/C59H45NS/c1-4-17-42(18-5-1)58-48-23-11-10-16-41(48)30-36-55(58)60(46-32-28-40(29-33-46)43-31-37-57-52(38-43)50-25-13-15-27-56(50)61-57)47-34-35-54-51(39-47)49-24-12-14-26-53(49)59(54,44-19-6-2-7-20-44)45-21-8-3-9-22-45/h2-4,6-39,52,55,57-58H,1,5H2. The van der Waals surface area contributed by atoms with Crippen LogP contribution in [-0.4, -0.2) is 11.3 Å². The molecule has 0 bridgehead atoms. The Balaban J connectivity index is 1.03. The fourth-order valence-corrected chi connectivity index (χ4v) is 12.4. The maximum absolute atomic E-state index is 2.63. The van der Waals surface area contributed by atoms with E-state index in [0.29, 0.717) is 11.2 Å². The normalized spacial score (nSPS) is 21.0. The Morgan fingerprint density at radius 2 is 1.23 bits per heavy atom. The van der Waals surface area contributed by atoms with Gasteiger partial charge in [0.1, 0.15) is 0 Å². The topological polar surface area (TPSA) is 3.24 Å². The van der Waals surface area contributed by atoms with Crippen molar-refractivity contribution in [1.29, 1.82) is 0 Å². The SMILES string of the molecule is C1=CC(C2c3ccccc3C=CC2N(c2ccc(C3=CC4c5ccccc5SC4C=C3)cc2)c2ccc3c(c2)-c2ccccc2C3(c2ccccc2)c2ccccc2)=CCC1. The number of benzene rings is 7. The zero-order valence-electron chi connectivity index (χ0n) is 33.9. The van der Waals surface area contributed by atoms with E-state index in [-0.39, 0.29) is 12.0 Å². The second-order valence-corrected chi connectivity index (χ2v) is 18.2. The van der Waals surface area contributed by atoms with Crippen LogP contribution in [0.2, 0.25) is 0 Å². The van der Waals surface area contributed by atoms with E-state index in [1.807, 2.05) is 11.8 Å². The molecule has 7 aromatic carbocycles. The predicted octanol–water partition coefficient (Wildman–Crippen LogP) is 14.9. The second kappa shape index (κ2) is 14.8. The molecule has 12 rings (SSSR count). The summed E-state index contributed by atoms with van der Waals surface area (Å²) in [5.41, 5.74) is 17.8. The van der Waals surface area contributed by atoms with Gasteiger partial charge in [-0.05, 0) is 110 Å². The van der Waals surface area contributed by atoms with E-state index in [0.717, 1.165) is 12.8 Å². The van der Waals surface area contributed by atoms with Gasteiger partial charge >= 0.3 is 0 Å². The Morgan fingerprint density at radius 3 is 2.02 bits per heavy atom. The van der Waals surface area contributed by atoms with Crippen LogP contribution in [0.1, 0.15) is 69.2 Å². The summed E-state index contributed by atoms with van der Waals surface area (Å²) < 4.78 is 0. The fourth-order valence-electron chi connectivity index (χ4n) is 11.1. The summed E-state index contributed by atoms with van der Waals surface area (Å²) in [6, 6.07) is 66.1. The molecule has 7 aromatic rings. The second-order valence-electron chi connectivity index (χ2n) is 16.9. The monoisotopic (exact) mass is 799 g/mol. The Hall–Kier alpha value is -6.61. The highest BCUT2D eigenvalue weighted by molar-refractivity contribution is 8.00. The summed E-state index contributed by atoms with van der Waals surface area (Å²) in [5, 5.41) is 0.462. The Labute approximate surface area is 363 Å². The number of hydrogen-bond donors (Lipinski definition) is 0. The van der Waals surface area contributed by atoms with Gasteiger partial charge in [0.05, 0.1) is 11.5 Å². The first-order chi connectivity index (χ1) is 30.3. The van der Waals surface area contributed by atoms with Gasteiger partial charge in [0.15, 0.2) is 0 Å². The lowest BCUT2D eigenvalue weighted by atomic mass is 9.68. The molecule has 1 nitrogen and oxygen atoms in total. The van der Waals surface area contributed by atoms with Crippen molar-refractivity contribution in [3.8, 4) is 11.1 Å². The molecule has 4 atom stereocenters. The highest BCUT2D eigenvalue weighted by atomic mass is 32.2. The molecule has 0 saturated heterocycles. The molecule has 4 aliphatic carbocycles. The van der Waals surface area contributed by atoms with Gasteiger partial charge in [-0.25, -0.2) is 0 Å². The molecule has 0 N–H and O–H groups in total. The number of allylic oxidation sites excluding steroid dienone is 6. The van der Waals surface area contributed by atoms with Gasteiger partial charge in [0.25, 0.3) is 0 Å².